The number of hydrogen-bond acceptors (Lipinski definition) is 2. The zero-order valence-electron chi connectivity index (χ0n) is 15.7. The summed E-state index contributed by atoms with van der Waals surface area (Å²) in [5.74, 6) is 0.819. The molecule has 4 aromatic rings. The van der Waals surface area contributed by atoms with E-state index < -0.39 is 0 Å². The lowest BCUT2D eigenvalue weighted by Gasteiger charge is -2.14. The summed E-state index contributed by atoms with van der Waals surface area (Å²) in [7, 11) is 0. The van der Waals surface area contributed by atoms with Crippen LogP contribution in [0.5, 0.6) is 0 Å². The van der Waals surface area contributed by atoms with Crippen molar-refractivity contribution in [3.05, 3.63) is 103 Å². The minimum Gasteiger partial charge on any atom is -0.351 e. The van der Waals surface area contributed by atoms with Gasteiger partial charge >= 0.3 is 0 Å². The molecule has 0 aliphatic rings. The number of rotatable bonds is 6. The van der Waals surface area contributed by atoms with E-state index in [-0.39, 0.29) is 11.8 Å². The molecular formula is C23H22N4O. The van der Waals surface area contributed by atoms with E-state index in [4.69, 9.17) is 0 Å². The molecule has 0 spiro atoms. The van der Waals surface area contributed by atoms with Crippen LogP contribution in [0.2, 0.25) is 0 Å². The van der Waals surface area contributed by atoms with Crippen LogP contribution in [0.4, 0.5) is 0 Å². The fourth-order valence-electron chi connectivity index (χ4n) is 3.22. The van der Waals surface area contributed by atoms with Crippen molar-refractivity contribution < 1.29 is 4.79 Å². The molecule has 4 rings (SSSR count). The Bertz CT molecular complexity index is 1040. The predicted octanol–water partition coefficient (Wildman–Crippen LogP) is 4.20. The Kier molecular flexibility index (Phi) is 5.06. The second-order valence-corrected chi connectivity index (χ2v) is 6.74. The predicted molar refractivity (Wildman–Crippen MR) is 110 cm³/mol. The summed E-state index contributed by atoms with van der Waals surface area (Å²) in [4.78, 5) is 13.0. The van der Waals surface area contributed by atoms with E-state index in [1.54, 1.807) is 10.9 Å². The molecule has 0 saturated heterocycles. The highest BCUT2D eigenvalue weighted by molar-refractivity contribution is 5.97. The summed E-state index contributed by atoms with van der Waals surface area (Å²) in [5, 5.41) is 7.54. The Balaban J connectivity index is 1.61. The third kappa shape index (κ3) is 3.60. The summed E-state index contributed by atoms with van der Waals surface area (Å²) < 4.78 is 3.70. The number of para-hydroxylation sites is 1. The van der Waals surface area contributed by atoms with E-state index in [2.05, 4.69) is 29.5 Å². The number of carbonyl (C=O) groups excluding carboxylic acids is 1. The van der Waals surface area contributed by atoms with Crippen molar-refractivity contribution in [3.8, 4) is 11.5 Å². The summed E-state index contributed by atoms with van der Waals surface area (Å²) in [5.41, 5.74) is 2.65. The van der Waals surface area contributed by atoms with Gasteiger partial charge in [0.05, 0.1) is 11.9 Å². The number of carbonyl (C=O) groups is 1. The second-order valence-electron chi connectivity index (χ2n) is 6.74. The van der Waals surface area contributed by atoms with E-state index in [0.29, 0.717) is 12.1 Å². The van der Waals surface area contributed by atoms with Gasteiger partial charge in [-0.05, 0) is 35.7 Å². The smallest absolute Gasteiger partial charge is 0.256 e. The van der Waals surface area contributed by atoms with Gasteiger partial charge in [-0.15, -0.1) is 0 Å². The highest BCUT2D eigenvalue weighted by Crippen LogP contribution is 2.20. The van der Waals surface area contributed by atoms with Crippen molar-refractivity contribution in [2.24, 2.45) is 0 Å². The zero-order chi connectivity index (χ0) is 19.3. The minimum absolute atomic E-state index is 0.131. The Hall–Kier alpha value is -3.60. The zero-order valence-corrected chi connectivity index (χ0v) is 15.7. The number of benzene rings is 2. The van der Waals surface area contributed by atoms with Gasteiger partial charge in [0, 0.05) is 18.9 Å². The summed E-state index contributed by atoms with van der Waals surface area (Å²) in [6.07, 6.45) is 5.46. The quantitative estimate of drug-likeness (QED) is 0.553. The first-order valence-corrected chi connectivity index (χ1v) is 9.34. The van der Waals surface area contributed by atoms with E-state index in [0.717, 1.165) is 11.5 Å². The van der Waals surface area contributed by atoms with Crippen molar-refractivity contribution in [3.63, 3.8) is 0 Å². The van der Waals surface area contributed by atoms with Gasteiger partial charge in [0.25, 0.3) is 5.91 Å². The van der Waals surface area contributed by atoms with Crippen molar-refractivity contribution in [1.82, 2.24) is 19.7 Å². The van der Waals surface area contributed by atoms with Crippen molar-refractivity contribution in [2.45, 2.75) is 12.8 Å². The van der Waals surface area contributed by atoms with Gasteiger partial charge in [0.1, 0.15) is 5.56 Å². The van der Waals surface area contributed by atoms with Crippen LogP contribution in [-0.2, 0) is 0 Å². The van der Waals surface area contributed by atoms with Crippen LogP contribution in [0.15, 0.2) is 91.4 Å². The number of nitrogens with one attached hydrogen (secondary N) is 1. The van der Waals surface area contributed by atoms with E-state index in [1.165, 1.54) is 5.56 Å². The molecule has 2 aromatic heterocycles. The number of aromatic nitrogens is 3. The molecule has 0 fully saturated rings. The Morgan fingerprint density at radius 1 is 0.964 bits per heavy atom. The average Bonchev–Trinajstić information content (AvgIpc) is 3.42. The molecular weight excluding hydrogens is 348 g/mol. The lowest BCUT2D eigenvalue weighted by Crippen LogP contribution is -2.28. The Morgan fingerprint density at radius 3 is 2.29 bits per heavy atom. The number of nitrogens with zero attached hydrogens (tertiary/aromatic N) is 3. The number of amides is 1. The Morgan fingerprint density at radius 2 is 1.61 bits per heavy atom. The molecule has 0 saturated carbocycles. The fourth-order valence-corrected chi connectivity index (χ4v) is 3.22. The molecule has 0 aliphatic carbocycles. The van der Waals surface area contributed by atoms with Gasteiger partial charge in [0.15, 0.2) is 5.82 Å². The molecule has 5 nitrogen and oxygen atoms in total. The molecule has 0 radical (unpaired) electrons. The summed E-state index contributed by atoms with van der Waals surface area (Å²) in [6.45, 7) is 2.67. The molecule has 1 amide bonds. The third-order valence-electron chi connectivity index (χ3n) is 4.78. The molecule has 0 unspecified atom stereocenters. The normalized spacial score (nSPS) is 11.9. The third-order valence-corrected chi connectivity index (χ3v) is 4.78. The molecule has 5 heteroatoms. The largest absolute Gasteiger partial charge is 0.351 e. The summed E-state index contributed by atoms with van der Waals surface area (Å²) in [6, 6.07) is 23.9. The lowest BCUT2D eigenvalue weighted by molar-refractivity contribution is 0.0951. The first-order valence-electron chi connectivity index (χ1n) is 9.34. The molecule has 140 valence electrons. The van der Waals surface area contributed by atoms with Crippen LogP contribution in [0.1, 0.15) is 28.8 Å². The maximum Gasteiger partial charge on any atom is 0.256 e. The van der Waals surface area contributed by atoms with E-state index in [1.807, 2.05) is 77.6 Å². The highest BCUT2D eigenvalue weighted by atomic mass is 16.1. The highest BCUT2D eigenvalue weighted by Gasteiger charge is 2.20. The van der Waals surface area contributed by atoms with Crippen LogP contribution in [0.3, 0.4) is 0 Å². The second kappa shape index (κ2) is 7.96. The standard InChI is InChI=1S/C23H22N4O/c1-18(19-10-4-2-5-11-19)16-24-22(28)21-17-25-27(20-12-6-3-7-13-20)23(21)26-14-8-9-15-26/h2-15,17-18H,16H2,1H3,(H,24,28)/t18-/m1/s1. The molecule has 0 bridgehead atoms. The maximum atomic E-state index is 13.0. The SMILES string of the molecule is C[C@H](CNC(=O)c1cnn(-c2ccccc2)c1-n1cccc1)c1ccccc1. The monoisotopic (exact) mass is 370 g/mol. The van der Waals surface area contributed by atoms with Crippen molar-refractivity contribution in [2.75, 3.05) is 6.54 Å². The van der Waals surface area contributed by atoms with Crippen LogP contribution in [0.25, 0.3) is 11.5 Å². The van der Waals surface area contributed by atoms with Gasteiger partial charge in [-0.2, -0.15) is 5.10 Å². The average molecular weight is 370 g/mol. The first kappa shape index (κ1) is 17.8. The van der Waals surface area contributed by atoms with Crippen LogP contribution < -0.4 is 5.32 Å². The lowest BCUT2D eigenvalue weighted by atomic mass is 10.0. The molecule has 28 heavy (non-hydrogen) atoms. The van der Waals surface area contributed by atoms with Crippen LogP contribution >= 0.6 is 0 Å². The number of hydrogen-bond donors (Lipinski definition) is 1. The molecule has 2 heterocycles. The fraction of sp³-hybridized carbons (Fsp3) is 0.130. The maximum absolute atomic E-state index is 13.0. The Labute approximate surface area is 164 Å². The van der Waals surface area contributed by atoms with Crippen molar-refractivity contribution in [1.29, 1.82) is 0 Å². The minimum atomic E-state index is -0.131. The van der Waals surface area contributed by atoms with E-state index >= 15 is 0 Å². The molecule has 2 aromatic carbocycles. The van der Waals surface area contributed by atoms with Crippen LogP contribution in [-0.4, -0.2) is 26.8 Å². The van der Waals surface area contributed by atoms with Crippen LogP contribution in [0, 0.1) is 0 Å². The van der Waals surface area contributed by atoms with Gasteiger partial charge in [-0.3, -0.25) is 4.79 Å². The molecule has 1 N–H and O–H groups in total. The van der Waals surface area contributed by atoms with E-state index in [9.17, 15) is 4.79 Å². The summed E-state index contributed by atoms with van der Waals surface area (Å²) >= 11 is 0. The molecule has 0 aliphatic heterocycles. The topological polar surface area (TPSA) is 51.9 Å². The first-order chi connectivity index (χ1) is 13.7. The van der Waals surface area contributed by atoms with Gasteiger partial charge in [-0.1, -0.05) is 55.5 Å². The van der Waals surface area contributed by atoms with Crippen molar-refractivity contribution >= 4 is 5.91 Å². The van der Waals surface area contributed by atoms with Gasteiger partial charge < -0.3 is 9.88 Å². The van der Waals surface area contributed by atoms with Gasteiger partial charge in [-0.25, -0.2) is 4.68 Å². The molecule has 1 atom stereocenters. The van der Waals surface area contributed by atoms with Gasteiger partial charge in [0.2, 0.25) is 0 Å².